The number of rotatable bonds is 9. The lowest BCUT2D eigenvalue weighted by Gasteiger charge is -2.08. The van der Waals surface area contributed by atoms with Crippen molar-refractivity contribution in [2.24, 2.45) is 0 Å². The van der Waals surface area contributed by atoms with Gasteiger partial charge in [-0.15, -0.1) is 6.42 Å². The first-order chi connectivity index (χ1) is 11.3. The van der Waals surface area contributed by atoms with Crippen LogP contribution in [0.2, 0.25) is 0 Å². The summed E-state index contributed by atoms with van der Waals surface area (Å²) in [6.45, 7) is 3.05. The van der Waals surface area contributed by atoms with Crippen LogP contribution in [0.3, 0.4) is 0 Å². The second-order valence-electron chi connectivity index (χ2n) is 5.86. The zero-order valence-electron chi connectivity index (χ0n) is 14.1. The molecule has 1 nitrogen and oxygen atoms in total. The minimum atomic E-state index is 0.808. The lowest BCUT2D eigenvalue weighted by atomic mass is 10.0. The first-order valence-corrected chi connectivity index (χ1v) is 8.63. The van der Waals surface area contributed by atoms with Gasteiger partial charge < -0.3 is 4.74 Å². The summed E-state index contributed by atoms with van der Waals surface area (Å²) in [4.78, 5) is 0. The van der Waals surface area contributed by atoms with Crippen LogP contribution in [0.15, 0.2) is 48.5 Å². The molecular formula is C22H26O. The Morgan fingerprint density at radius 2 is 1.35 bits per heavy atom. The van der Waals surface area contributed by atoms with Crippen molar-refractivity contribution in [3.63, 3.8) is 0 Å². The molecule has 1 heteroatoms. The molecule has 23 heavy (non-hydrogen) atoms. The summed E-state index contributed by atoms with van der Waals surface area (Å²) in [6, 6.07) is 16.3. The summed E-state index contributed by atoms with van der Waals surface area (Å²) in [7, 11) is 0. The lowest BCUT2D eigenvalue weighted by Crippen LogP contribution is -1.97. The Hall–Kier alpha value is -2.20. The van der Waals surface area contributed by atoms with Crippen LogP contribution in [0, 0.1) is 12.3 Å². The highest BCUT2D eigenvalue weighted by Gasteiger charge is 1.99. The van der Waals surface area contributed by atoms with Crippen molar-refractivity contribution in [2.75, 3.05) is 6.61 Å². The number of terminal acetylenes is 1. The molecule has 0 aliphatic carbocycles. The number of unbranched alkanes of at least 4 members (excludes halogenated alkanes) is 5. The Balaban J connectivity index is 1.77. The van der Waals surface area contributed by atoms with E-state index < -0.39 is 0 Å². The minimum Gasteiger partial charge on any atom is -0.494 e. The topological polar surface area (TPSA) is 9.23 Å². The van der Waals surface area contributed by atoms with E-state index in [9.17, 15) is 0 Å². The van der Waals surface area contributed by atoms with Gasteiger partial charge in [0.2, 0.25) is 0 Å². The van der Waals surface area contributed by atoms with Gasteiger partial charge in [0, 0.05) is 5.56 Å². The van der Waals surface area contributed by atoms with Crippen molar-refractivity contribution < 1.29 is 4.74 Å². The van der Waals surface area contributed by atoms with Crippen LogP contribution in [-0.2, 0) is 0 Å². The van der Waals surface area contributed by atoms with Gasteiger partial charge in [-0.3, -0.25) is 0 Å². The molecule has 0 bridgehead atoms. The highest BCUT2D eigenvalue weighted by molar-refractivity contribution is 5.65. The largest absolute Gasteiger partial charge is 0.494 e. The monoisotopic (exact) mass is 306 g/mol. The van der Waals surface area contributed by atoms with Crippen molar-refractivity contribution in [3.05, 3.63) is 54.1 Å². The lowest BCUT2D eigenvalue weighted by molar-refractivity contribution is 0.304. The van der Waals surface area contributed by atoms with E-state index in [1.807, 2.05) is 24.3 Å². The predicted molar refractivity (Wildman–Crippen MR) is 98.7 cm³/mol. The van der Waals surface area contributed by atoms with Crippen LogP contribution in [0.25, 0.3) is 11.1 Å². The molecule has 0 amide bonds. The summed E-state index contributed by atoms with van der Waals surface area (Å²) in [5, 5.41) is 0. The summed E-state index contributed by atoms with van der Waals surface area (Å²) in [5.74, 6) is 3.59. The molecule has 2 aromatic rings. The second-order valence-corrected chi connectivity index (χ2v) is 5.86. The Morgan fingerprint density at radius 1 is 0.783 bits per heavy atom. The van der Waals surface area contributed by atoms with Crippen molar-refractivity contribution in [1.82, 2.24) is 0 Å². The zero-order valence-corrected chi connectivity index (χ0v) is 14.1. The maximum atomic E-state index is 5.81. The van der Waals surface area contributed by atoms with Gasteiger partial charge >= 0.3 is 0 Å². The first-order valence-electron chi connectivity index (χ1n) is 8.63. The third-order valence-electron chi connectivity index (χ3n) is 4.01. The number of benzene rings is 2. The van der Waals surface area contributed by atoms with Gasteiger partial charge in [-0.2, -0.15) is 0 Å². The maximum Gasteiger partial charge on any atom is 0.119 e. The van der Waals surface area contributed by atoms with Gasteiger partial charge in [0.05, 0.1) is 6.61 Å². The van der Waals surface area contributed by atoms with Crippen LogP contribution in [0.1, 0.15) is 51.0 Å². The Morgan fingerprint density at radius 3 is 1.96 bits per heavy atom. The summed E-state index contributed by atoms with van der Waals surface area (Å²) in [5.41, 5.74) is 3.26. The van der Waals surface area contributed by atoms with E-state index in [1.165, 1.54) is 43.2 Å². The Kier molecular flexibility index (Phi) is 7.27. The van der Waals surface area contributed by atoms with Crippen LogP contribution in [0.5, 0.6) is 5.75 Å². The average molecular weight is 306 g/mol. The van der Waals surface area contributed by atoms with Gasteiger partial charge in [-0.1, -0.05) is 69.2 Å². The molecular weight excluding hydrogens is 280 g/mol. The molecule has 0 aromatic heterocycles. The van der Waals surface area contributed by atoms with Gasteiger partial charge in [-0.05, 0) is 41.8 Å². The molecule has 0 heterocycles. The first kappa shape index (κ1) is 17.2. The average Bonchev–Trinajstić information content (AvgIpc) is 2.61. The third-order valence-corrected chi connectivity index (χ3v) is 4.01. The van der Waals surface area contributed by atoms with Gasteiger partial charge in [0.25, 0.3) is 0 Å². The molecule has 2 aromatic carbocycles. The quantitative estimate of drug-likeness (QED) is 0.403. The highest BCUT2D eigenvalue weighted by atomic mass is 16.5. The maximum absolute atomic E-state index is 5.81. The van der Waals surface area contributed by atoms with E-state index in [1.54, 1.807) is 0 Å². The summed E-state index contributed by atoms with van der Waals surface area (Å²) >= 11 is 0. The molecule has 0 N–H and O–H groups in total. The van der Waals surface area contributed by atoms with Gasteiger partial charge in [0.1, 0.15) is 5.75 Å². The number of ether oxygens (including phenoxy) is 1. The van der Waals surface area contributed by atoms with Crippen LogP contribution < -0.4 is 4.74 Å². The number of hydrogen-bond donors (Lipinski definition) is 0. The van der Waals surface area contributed by atoms with E-state index in [2.05, 4.69) is 37.1 Å². The van der Waals surface area contributed by atoms with Crippen molar-refractivity contribution in [3.8, 4) is 29.2 Å². The highest BCUT2D eigenvalue weighted by Crippen LogP contribution is 2.23. The van der Waals surface area contributed by atoms with E-state index in [0.717, 1.165) is 24.3 Å². The fourth-order valence-corrected chi connectivity index (χ4v) is 2.57. The van der Waals surface area contributed by atoms with Crippen molar-refractivity contribution in [1.29, 1.82) is 0 Å². The Labute approximate surface area is 140 Å². The van der Waals surface area contributed by atoms with Gasteiger partial charge in [-0.25, -0.2) is 0 Å². The second kappa shape index (κ2) is 9.74. The molecule has 0 atom stereocenters. The predicted octanol–water partition coefficient (Wildman–Crippen LogP) is 6.07. The molecule has 0 aliphatic heterocycles. The van der Waals surface area contributed by atoms with Gasteiger partial charge in [0.15, 0.2) is 0 Å². The third kappa shape index (κ3) is 5.83. The molecule has 0 aliphatic rings. The molecule has 120 valence electrons. The summed E-state index contributed by atoms with van der Waals surface area (Å²) < 4.78 is 5.81. The molecule has 0 radical (unpaired) electrons. The standard InChI is InChI=1S/C22H26O/c1-3-5-6-7-8-9-18-23-22-16-14-21(15-17-22)20-12-10-19(4-2)11-13-20/h2,10-17H,3,5-9,18H2,1H3. The van der Waals surface area contributed by atoms with E-state index in [4.69, 9.17) is 11.2 Å². The molecule has 0 fully saturated rings. The summed E-state index contributed by atoms with van der Waals surface area (Å²) in [6.07, 6.45) is 13.1. The molecule has 0 spiro atoms. The Bertz CT molecular complexity index is 602. The molecule has 0 saturated heterocycles. The van der Waals surface area contributed by atoms with Crippen LogP contribution in [0.4, 0.5) is 0 Å². The smallest absolute Gasteiger partial charge is 0.119 e. The minimum absolute atomic E-state index is 0.808. The fraction of sp³-hybridized carbons (Fsp3) is 0.364. The zero-order chi connectivity index (χ0) is 16.3. The van der Waals surface area contributed by atoms with E-state index in [0.29, 0.717) is 0 Å². The molecule has 0 saturated carbocycles. The van der Waals surface area contributed by atoms with Crippen molar-refractivity contribution in [2.45, 2.75) is 45.4 Å². The molecule has 2 rings (SSSR count). The van der Waals surface area contributed by atoms with Crippen LogP contribution in [-0.4, -0.2) is 6.61 Å². The number of hydrogen-bond acceptors (Lipinski definition) is 1. The van der Waals surface area contributed by atoms with Crippen LogP contribution >= 0.6 is 0 Å². The fourth-order valence-electron chi connectivity index (χ4n) is 2.57. The SMILES string of the molecule is C#Cc1ccc(-c2ccc(OCCCCCCCC)cc2)cc1. The molecule has 0 unspecified atom stereocenters. The normalized spacial score (nSPS) is 10.3. The van der Waals surface area contributed by atoms with E-state index >= 15 is 0 Å². The van der Waals surface area contributed by atoms with Crippen molar-refractivity contribution >= 4 is 0 Å². The van der Waals surface area contributed by atoms with E-state index in [-0.39, 0.29) is 0 Å².